The van der Waals surface area contributed by atoms with E-state index < -0.39 is 0 Å². The van der Waals surface area contributed by atoms with Gasteiger partial charge >= 0.3 is 0 Å². The molecular formula is C33H33N2O+. The van der Waals surface area contributed by atoms with Gasteiger partial charge in [0.1, 0.15) is 11.9 Å². The second-order valence-electron chi connectivity index (χ2n) is 8.73. The number of nitrogens with zero attached hydrogens (tertiary/aromatic N) is 2. The molecule has 5 aromatic rings. The summed E-state index contributed by atoms with van der Waals surface area (Å²) in [6, 6.07) is 36.5. The van der Waals surface area contributed by atoms with Crippen LogP contribution in [0.25, 0.3) is 33.8 Å². The molecule has 1 aliphatic heterocycles. The molecule has 3 heteroatoms. The Hall–Kier alpha value is -4.11. The summed E-state index contributed by atoms with van der Waals surface area (Å²) in [5.74, 6) is 2.15. The predicted octanol–water partition coefficient (Wildman–Crippen LogP) is 7.61. The molecule has 4 aromatic carbocycles. The van der Waals surface area contributed by atoms with Crippen LogP contribution in [0.1, 0.15) is 31.7 Å². The number of ether oxygens (including phenoxy) is 1. The number of para-hydroxylation sites is 3. The van der Waals surface area contributed by atoms with Crippen LogP contribution in [0.3, 0.4) is 0 Å². The van der Waals surface area contributed by atoms with Crippen molar-refractivity contribution in [1.82, 2.24) is 4.57 Å². The molecule has 0 spiro atoms. The highest BCUT2D eigenvalue weighted by Gasteiger charge is 2.31. The van der Waals surface area contributed by atoms with Crippen LogP contribution < -0.4 is 9.30 Å². The number of imidazole rings is 1. The molecule has 0 aliphatic carbocycles. The van der Waals surface area contributed by atoms with Crippen molar-refractivity contribution in [3.63, 3.8) is 0 Å². The summed E-state index contributed by atoms with van der Waals surface area (Å²) < 4.78 is 10.5. The average Bonchev–Trinajstić information content (AvgIpc) is 3.23. The molecule has 0 amide bonds. The number of rotatable bonds is 4. The third-order valence-electron chi connectivity index (χ3n) is 6.74. The maximum atomic E-state index is 5.74. The van der Waals surface area contributed by atoms with Crippen molar-refractivity contribution >= 4 is 0 Å². The lowest BCUT2D eigenvalue weighted by Crippen LogP contribution is -2.34. The molecule has 0 saturated carbocycles. The van der Waals surface area contributed by atoms with E-state index in [0.29, 0.717) is 0 Å². The molecule has 0 atom stereocenters. The molecule has 0 bridgehead atoms. The fourth-order valence-electron chi connectivity index (χ4n) is 5.08. The van der Waals surface area contributed by atoms with Crippen molar-refractivity contribution < 1.29 is 9.30 Å². The first-order valence-corrected chi connectivity index (χ1v) is 12.9. The van der Waals surface area contributed by atoms with Crippen LogP contribution in [0.4, 0.5) is 0 Å². The molecule has 1 aromatic heterocycles. The Kier molecular flexibility index (Phi) is 6.99. The van der Waals surface area contributed by atoms with Gasteiger partial charge in [-0.05, 0) is 59.9 Å². The van der Waals surface area contributed by atoms with Crippen LogP contribution in [0.15, 0.2) is 109 Å². The molecule has 0 radical (unpaired) electrons. The van der Waals surface area contributed by atoms with Gasteiger partial charge in [0, 0.05) is 5.56 Å². The van der Waals surface area contributed by atoms with Gasteiger partial charge in [0.2, 0.25) is 0 Å². The molecule has 0 unspecified atom stereocenters. The van der Waals surface area contributed by atoms with Crippen LogP contribution >= 0.6 is 0 Å². The van der Waals surface area contributed by atoms with Gasteiger partial charge in [0.15, 0.2) is 17.1 Å². The predicted molar refractivity (Wildman–Crippen MR) is 148 cm³/mol. The minimum absolute atomic E-state index is 0.879. The molecule has 6 rings (SSSR count). The van der Waals surface area contributed by atoms with Gasteiger partial charge in [0.05, 0.1) is 13.5 Å². The van der Waals surface area contributed by atoms with Gasteiger partial charge in [-0.2, -0.15) is 9.13 Å². The molecule has 0 N–H and O–H groups in total. The number of fused-ring (bicyclic) bond motifs is 3. The SMILES string of the molecule is CC.COc1ccccc1-[n+]1cc(-c2ccc(-c3ccccc3)cc2)n2c1CCCc1ccccc1-2. The summed E-state index contributed by atoms with van der Waals surface area (Å²) in [6.07, 6.45) is 5.46. The number of hydrogen-bond donors (Lipinski definition) is 0. The van der Waals surface area contributed by atoms with Crippen molar-refractivity contribution in [2.24, 2.45) is 0 Å². The number of aromatic nitrogens is 2. The minimum Gasteiger partial charge on any atom is -0.492 e. The second kappa shape index (κ2) is 10.7. The monoisotopic (exact) mass is 473 g/mol. The average molecular weight is 474 g/mol. The van der Waals surface area contributed by atoms with Gasteiger partial charge in [-0.3, -0.25) is 0 Å². The number of hydrogen-bond acceptors (Lipinski definition) is 1. The van der Waals surface area contributed by atoms with Gasteiger partial charge in [0.25, 0.3) is 5.82 Å². The smallest absolute Gasteiger partial charge is 0.267 e. The van der Waals surface area contributed by atoms with Gasteiger partial charge in [-0.1, -0.05) is 86.6 Å². The molecule has 0 fully saturated rings. The van der Waals surface area contributed by atoms with E-state index in [9.17, 15) is 0 Å². The number of methoxy groups -OCH3 is 1. The first-order chi connectivity index (χ1) is 17.8. The Labute approximate surface area is 214 Å². The van der Waals surface area contributed by atoms with Crippen molar-refractivity contribution in [3.8, 4) is 39.5 Å². The Balaban J connectivity index is 0.00000130. The summed E-state index contributed by atoms with van der Waals surface area (Å²) in [4.78, 5) is 0. The zero-order chi connectivity index (χ0) is 24.9. The van der Waals surface area contributed by atoms with E-state index in [4.69, 9.17) is 4.74 Å². The molecule has 36 heavy (non-hydrogen) atoms. The van der Waals surface area contributed by atoms with Gasteiger partial charge < -0.3 is 4.74 Å². The second-order valence-corrected chi connectivity index (χ2v) is 8.73. The van der Waals surface area contributed by atoms with E-state index in [0.717, 1.165) is 30.7 Å². The Morgan fingerprint density at radius 1 is 0.667 bits per heavy atom. The molecular weight excluding hydrogens is 440 g/mol. The quantitative estimate of drug-likeness (QED) is 0.246. The summed E-state index contributed by atoms with van der Waals surface area (Å²) in [6.45, 7) is 4.00. The fraction of sp³-hybridized carbons (Fsp3) is 0.182. The first kappa shape index (κ1) is 23.6. The van der Waals surface area contributed by atoms with Crippen molar-refractivity contribution in [1.29, 1.82) is 0 Å². The van der Waals surface area contributed by atoms with E-state index in [1.807, 2.05) is 26.0 Å². The Morgan fingerprint density at radius 2 is 1.31 bits per heavy atom. The van der Waals surface area contributed by atoms with E-state index in [1.165, 1.54) is 39.5 Å². The third-order valence-corrected chi connectivity index (χ3v) is 6.74. The van der Waals surface area contributed by atoms with Crippen LogP contribution in [0, 0.1) is 0 Å². The molecule has 3 nitrogen and oxygen atoms in total. The number of aryl methyl sites for hydroxylation is 1. The topological polar surface area (TPSA) is 18.0 Å². The van der Waals surface area contributed by atoms with Crippen molar-refractivity contribution in [2.45, 2.75) is 33.1 Å². The maximum Gasteiger partial charge on any atom is 0.267 e. The van der Waals surface area contributed by atoms with E-state index in [2.05, 4.69) is 106 Å². The normalized spacial score (nSPS) is 12.0. The van der Waals surface area contributed by atoms with Crippen LogP contribution in [0.2, 0.25) is 0 Å². The number of benzene rings is 4. The maximum absolute atomic E-state index is 5.74. The van der Waals surface area contributed by atoms with Gasteiger partial charge in [-0.15, -0.1) is 0 Å². The zero-order valence-corrected chi connectivity index (χ0v) is 21.3. The molecule has 2 heterocycles. The summed E-state index contributed by atoms with van der Waals surface area (Å²) in [5.41, 5.74) is 8.58. The summed E-state index contributed by atoms with van der Waals surface area (Å²) in [7, 11) is 1.74. The molecule has 0 saturated heterocycles. The lowest BCUT2D eigenvalue weighted by atomic mass is 10.0. The summed E-state index contributed by atoms with van der Waals surface area (Å²) in [5, 5.41) is 0. The van der Waals surface area contributed by atoms with Crippen LogP contribution in [-0.2, 0) is 12.8 Å². The lowest BCUT2D eigenvalue weighted by Gasteiger charge is -2.08. The van der Waals surface area contributed by atoms with Crippen LogP contribution in [-0.4, -0.2) is 11.7 Å². The molecule has 180 valence electrons. The fourth-order valence-corrected chi connectivity index (χ4v) is 5.08. The highest BCUT2D eigenvalue weighted by atomic mass is 16.5. The summed E-state index contributed by atoms with van der Waals surface area (Å²) >= 11 is 0. The van der Waals surface area contributed by atoms with Crippen LogP contribution in [0.5, 0.6) is 5.75 Å². The van der Waals surface area contributed by atoms with Crippen molar-refractivity contribution in [3.05, 3.63) is 121 Å². The Bertz CT molecular complexity index is 1450. The molecule has 1 aliphatic rings. The zero-order valence-electron chi connectivity index (χ0n) is 21.3. The van der Waals surface area contributed by atoms with Gasteiger partial charge in [-0.25, -0.2) is 0 Å². The third kappa shape index (κ3) is 4.33. The highest BCUT2D eigenvalue weighted by Crippen LogP contribution is 2.33. The van der Waals surface area contributed by atoms with Crippen molar-refractivity contribution in [2.75, 3.05) is 7.11 Å². The minimum atomic E-state index is 0.879. The Morgan fingerprint density at radius 3 is 2.08 bits per heavy atom. The highest BCUT2D eigenvalue weighted by molar-refractivity contribution is 5.70. The standard InChI is InChI=1S/C31H27N2O.C2H6/c1-34-30-16-8-7-15-28(30)32-22-29(26-20-18-24(19-21-26)23-10-3-2-4-11-23)33-27-14-6-5-12-25(27)13-9-17-31(32)33;1-2/h2-8,10-12,14-16,18-22H,9,13,17H2,1H3;1-2H3/q+1;. The lowest BCUT2D eigenvalue weighted by molar-refractivity contribution is -0.603. The first-order valence-electron chi connectivity index (χ1n) is 12.9. The van der Waals surface area contributed by atoms with E-state index in [-0.39, 0.29) is 0 Å². The van der Waals surface area contributed by atoms with E-state index >= 15 is 0 Å². The van der Waals surface area contributed by atoms with E-state index in [1.54, 1.807) is 7.11 Å². The largest absolute Gasteiger partial charge is 0.492 e.